The van der Waals surface area contributed by atoms with E-state index in [0.717, 1.165) is 45.0 Å². The molecule has 0 atom stereocenters. The van der Waals surface area contributed by atoms with Gasteiger partial charge in [0.15, 0.2) is 0 Å². The van der Waals surface area contributed by atoms with Crippen molar-refractivity contribution in [3.05, 3.63) is 66.0 Å². The molecule has 1 heterocycles. The molecule has 1 saturated heterocycles. The van der Waals surface area contributed by atoms with Gasteiger partial charge in [0.05, 0.1) is 0 Å². The summed E-state index contributed by atoms with van der Waals surface area (Å²) in [5, 5.41) is 0. The van der Waals surface area contributed by atoms with Crippen molar-refractivity contribution in [1.82, 2.24) is 9.80 Å². The number of piperazine rings is 1. The van der Waals surface area contributed by atoms with Crippen LogP contribution in [0.3, 0.4) is 0 Å². The van der Waals surface area contributed by atoms with Gasteiger partial charge < -0.3 is 9.80 Å². The monoisotopic (exact) mass is 369 g/mol. The van der Waals surface area contributed by atoms with Crippen LogP contribution in [-0.4, -0.2) is 55.0 Å². The molecule has 0 aliphatic carbocycles. The second-order valence-corrected chi connectivity index (χ2v) is 6.95. The predicted octanol–water partition coefficient (Wildman–Crippen LogP) is 3.39. The average molecular weight is 369 g/mol. The summed E-state index contributed by atoms with van der Waals surface area (Å²) < 4.78 is 13.1. The highest BCUT2D eigenvalue weighted by atomic mass is 19.1. The van der Waals surface area contributed by atoms with E-state index in [2.05, 4.69) is 21.9 Å². The summed E-state index contributed by atoms with van der Waals surface area (Å²) in [5.41, 5.74) is 2.23. The molecule has 1 aliphatic rings. The number of hydrogen-bond acceptors (Lipinski definition) is 3. The molecule has 2 aromatic rings. The molecule has 27 heavy (non-hydrogen) atoms. The number of halogens is 1. The van der Waals surface area contributed by atoms with Crippen molar-refractivity contribution in [3.63, 3.8) is 0 Å². The van der Waals surface area contributed by atoms with Crippen LogP contribution >= 0.6 is 0 Å². The van der Waals surface area contributed by atoms with E-state index in [1.807, 2.05) is 42.2 Å². The van der Waals surface area contributed by atoms with E-state index >= 15 is 0 Å². The zero-order chi connectivity index (χ0) is 19.1. The quantitative estimate of drug-likeness (QED) is 0.749. The van der Waals surface area contributed by atoms with Crippen LogP contribution in [0.15, 0.2) is 54.6 Å². The Morgan fingerprint density at radius 1 is 1.00 bits per heavy atom. The van der Waals surface area contributed by atoms with Crippen molar-refractivity contribution in [1.29, 1.82) is 0 Å². The molecule has 1 fully saturated rings. The van der Waals surface area contributed by atoms with Gasteiger partial charge in [0.25, 0.3) is 0 Å². The van der Waals surface area contributed by atoms with E-state index in [4.69, 9.17) is 0 Å². The third-order valence-corrected chi connectivity index (χ3v) is 5.16. The SMILES string of the molecule is CCN(Cc1ccccc1)C(=O)CCN1CCN(c2ccc(F)cc2)CC1. The van der Waals surface area contributed by atoms with Crippen molar-refractivity contribution < 1.29 is 9.18 Å². The highest BCUT2D eigenvalue weighted by Crippen LogP contribution is 2.17. The first kappa shape index (κ1) is 19.4. The van der Waals surface area contributed by atoms with Gasteiger partial charge in [-0.05, 0) is 36.8 Å². The molecule has 2 aromatic carbocycles. The van der Waals surface area contributed by atoms with Gasteiger partial charge in [0.2, 0.25) is 5.91 Å². The standard InChI is InChI=1S/C22H28FN3O/c1-2-25(18-19-6-4-3-5-7-19)22(27)12-13-24-14-16-26(17-15-24)21-10-8-20(23)9-11-21/h3-11H,2,12-18H2,1H3. The lowest BCUT2D eigenvalue weighted by Gasteiger charge is -2.36. The average Bonchev–Trinajstić information content (AvgIpc) is 2.72. The minimum absolute atomic E-state index is 0.202. The highest BCUT2D eigenvalue weighted by Gasteiger charge is 2.19. The Kier molecular flexibility index (Phi) is 6.82. The van der Waals surface area contributed by atoms with E-state index in [-0.39, 0.29) is 11.7 Å². The zero-order valence-electron chi connectivity index (χ0n) is 16.0. The van der Waals surface area contributed by atoms with Crippen LogP contribution in [0.5, 0.6) is 0 Å². The second kappa shape index (κ2) is 9.51. The topological polar surface area (TPSA) is 26.8 Å². The molecule has 0 spiro atoms. The fourth-order valence-corrected chi connectivity index (χ4v) is 3.47. The molecule has 0 radical (unpaired) electrons. The molecule has 144 valence electrons. The smallest absolute Gasteiger partial charge is 0.224 e. The van der Waals surface area contributed by atoms with E-state index in [1.54, 1.807) is 0 Å². The van der Waals surface area contributed by atoms with Gasteiger partial charge in [0, 0.05) is 57.9 Å². The van der Waals surface area contributed by atoms with Crippen LogP contribution in [0.2, 0.25) is 0 Å². The van der Waals surface area contributed by atoms with Crippen LogP contribution in [0, 0.1) is 5.82 Å². The molecule has 1 aliphatic heterocycles. The molecule has 0 saturated carbocycles. The van der Waals surface area contributed by atoms with Gasteiger partial charge in [-0.2, -0.15) is 0 Å². The Labute approximate surface area is 161 Å². The molecule has 1 amide bonds. The first-order valence-corrected chi connectivity index (χ1v) is 9.70. The number of anilines is 1. The maximum absolute atomic E-state index is 13.1. The minimum atomic E-state index is -0.202. The third-order valence-electron chi connectivity index (χ3n) is 5.16. The maximum atomic E-state index is 13.1. The Balaban J connectivity index is 1.43. The lowest BCUT2D eigenvalue weighted by Crippen LogP contribution is -2.47. The molecular formula is C22H28FN3O. The third kappa shape index (κ3) is 5.54. The molecule has 5 heteroatoms. The first-order valence-electron chi connectivity index (χ1n) is 9.70. The van der Waals surface area contributed by atoms with Crippen molar-refractivity contribution in [2.24, 2.45) is 0 Å². The van der Waals surface area contributed by atoms with Crippen molar-refractivity contribution in [3.8, 4) is 0 Å². The van der Waals surface area contributed by atoms with Crippen LogP contribution < -0.4 is 4.90 Å². The lowest BCUT2D eigenvalue weighted by atomic mass is 10.2. The van der Waals surface area contributed by atoms with Crippen molar-refractivity contribution in [2.45, 2.75) is 19.9 Å². The summed E-state index contributed by atoms with van der Waals surface area (Å²) in [4.78, 5) is 19.1. The lowest BCUT2D eigenvalue weighted by molar-refractivity contribution is -0.132. The van der Waals surface area contributed by atoms with Gasteiger partial charge in [0.1, 0.15) is 5.82 Å². The normalized spacial score (nSPS) is 15.0. The van der Waals surface area contributed by atoms with Crippen LogP contribution in [-0.2, 0) is 11.3 Å². The summed E-state index contributed by atoms with van der Waals surface area (Å²) in [6.07, 6.45) is 0.553. The highest BCUT2D eigenvalue weighted by molar-refractivity contribution is 5.76. The van der Waals surface area contributed by atoms with E-state index in [9.17, 15) is 9.18 Å². The van der Waals surface area contributed by atoms with Gasteiger partial charge in [-0.3, -0.25) is 9.69 Å². The minimum Gasteiger partial charge on any atom is -0.369 e. The van der Waals surface area contributed by atoms with E-state index < -0.39 is 0 Å². The predicted molar refractivity (Wildman–Crippen MR) is 107 cm³/mol. The fraction of sp³-hybridized carbons (Fsp3) is 0.409. The Bertz CT molecular complexity index is 712. The molecule has 0 bridgehead atoms. The molecule has 3 rings (SSSR count). The molecule has 0 N–H and O–H groups in total. The van der Waals surface area contributed by atoms with Crippen LogP contribution in [0.4, 0.5) is 10.1 Å². The number of carbonyl (C=O) groups excluding carboxylic acids is 1. The Hall–Kier alpha value is -2.40. The molecule has 0 aromatic heterocycles. The summed E-state index contributed by atoms with van der Waals surface area (Å²) >= 11 is 0. The fourth-order valence-electron chi connectivity index (χ4n) is 3.47. The number of benzene rings is 2. The van der Waals surface area contributed by atoms with Crippen LogP contribution in [0.25, 0.3) is 0 Å². The first-order chi connectivity index (χ1) is 13.2. The largest absolute Gasteiger partial charge is 0.369 e. The number of carbonyl (C=O) groups is 1. The van der Waals surface area contributed by atoms with Crippen molar-refractivity contribution in [2.75, 3.05) is 44.2 Å². The summed E-state index contributed by atoms with van der Waals surface area (Å²) in [5.74, 6) is 0.00852. The zero-order valence-corrected chi connectivity index (χ0v) is 16.0. The summed E-state index contributed by atoms with van der Waals surface area (Å²) in [6, 6.07) is 16.8. The maximum Gasteiger partial charge on any atom is 0.224 e. The van der Waals surface area contributed by atoms with Crippen LogP contribution in [0.1, 0.15) is 18.9 Å². The number of rotatable bonds is 7. The summed E-state index contributed by atoms with van der Waals surface area (Å²) in [7, 11) is 0. The Morgan fingerprint density at radius 2 is 1.67 bits per heavy atom. The van der Waals surface area contributed by atoms with Crippen molar-refractivity contribution >= 4 is 11.6 Å². The van der Waals surface area contributed by atoms with Gasteiger partial charge in [-0.25, -0.2) is 4.39 Å². The molecule has 4 nitrogen and oxygen atoms in total. The number of amides is 1. The Morgan fingerprint density at radius 3 is 2.30 bits per heavy atom. The van der Waals surface area contributed by atoms with E-state index in [1.165, 1.54) is 17.7 Å². The number of hydrogen-bond donors (Lipinski definition) is 0. The summed E-state index contributed by atoms with van der Waals surface area (Å²) in [6.45, 7) is 7.89. The number of nitrogens with zero attached hydrogens (tertiary/aromatic N) is 3. The van der Waals surface area contributed by atoms with Gasteiger partial charge in [-0.15, -0.1) is 0 Å². The van der Waals surface area contributed by atoms with Gasteiger partial charge in [-0.1, -0.05) is 30.3 Å². The van der Waals surface area contributed by atoms with Gasteiger partial charge >= 0.3 is 0 Å². The molecular weight excluding hydrogens is 341 g/mol. The van der Waals surface area contributed by atoms with E-state index in [0.29, 0.717) is 13.0 Å². The molecule has 0 unspecified atom stereocenters. The second-order valence-electron chi connectivity index (χ2n) is 6.95.